The minimum Gasteiger partial charge on any atom is -0.379 e. The summed E-state index contributed by atoms with van der Waals surface area (Å²) in [5, 5.41) is 3.55. The van der Waals surface area contributed by atoms with E-state index in [1.807, 2.05) is 29.2 Å². The Hall–Kier alpha value is -2.55. The van der Waals surface area contributed by atoms with E-state index in [0.29, 0.717) is 0 Å². The van der Waals surface area contributed by atoms with Gasteiger partial charge in [-0.3, -0.25) is 0 Å². The van der Waals surface area contributed by atoms with Crippen molar-refractivity contribution in [2.45, 2.75) is 20.4 Å². The van der Waals surface area contributed by atoms with E-state index in [4.69, 9.17) is 0 Å². The fourth-order valence-electron chi connectivity index (χ4n) is 2.56. The summed E-state index contributed by atoms with van der Waals surface area (Å²) in [4.78, 5) is 4.12. The highest BCUT2D eigenvalue weighted by atomic mass is 15.0. The molecule has 106 valence electrons. The van der Waals surface area contributed by atoms with Gasteiger partial charge in [-0.1, -0.05) is 30.3 Å². The minimum atomic E-state index is 0.824. The zero-order valence-corrected chi connectivity index (χ0v) is 12.4. The van der Waals surface area contributed by atoms with E-state index in [-0.39, 0.29) is 0 Å². The van der Waals surface area contributed by atoms with Gasteiger partial charge in [0.2, 0.25) is 0 Å². The van der Waals surface area contributed by atoms with E-state index in [2.05, 4.69) is 54.5 Å². The second-order valence-electron chi connectivity index (χ2n) is 5.21. The number of hydrogen-bond donors (Lipinski definition) is 1. The first-order valence-electron chi connectivity index (χ1n) is 7.12. The SMILES string of the molecule is Cc1cccc(C)c1CNc1ccccc1-n1ccnc1. The smallest absolute Gasteiger partial charge is 0.0992 e. The Labute approximate surface area is 125 Å². The van der Waals surface area contributed by atoms with E-state index in [1.54, 1.807) is 6.20 Å². The van der Waals surface area contributed by atoms with Crippen molar-refractivity contribution in [2.24, 2.45) is 0 Å². The number of hydrogen-bond acceptors (Lipinski definition) is 2. The first kappa shape index (κ1) is 13.4. The molecule has 3 aromatic rings. The quantitative estimate of drug-likeness (QED) is 0.778. The van der Waals surface area contributed by atoms with Crippen LogP contribution in [0.1, 0.15) is 16.7 Å². The first-order chi connectivity index (χ1) is 10.3. The standard InChI is InChI=1S/C18H19N3/c1-14-6-5-7-15(2)16(14)12-20-17-8-3-4-9-18(17)21-11-10-19-13-21/h3-11,13,20H,12H2,1-2H3. The van der Waals surface area contributed by atoms with Crippen molar-refractivity contribution in [2.75, 3.05) is 5.32 Å². The van der Waals surface area contributed by atoms with Gasteiger partial charge in [0.25, 0.3) is 0 Å². The van der Waals surface area contributed by atoms with Crippen molar-refractivity contribution in [3.8, 4) is 5.69 Å². The van der Waals surface area contributed by atoms with Crippen molar-refractivity contribution < 1.29 is 0 Å². The number of nitrogens with zero attached hydrogens (tertiary/aromatic N) is 2. The van der Waals surface area contributed by atoms with Crippen LogP contribution in [0, 0.1) is 13.8 Å². The molecular weight excluding hydrogens is 258 g/mol. The maximum Gasteiger partial charge on any atom is 0.0992 e. The maximum absolute atomic E-state index is 4.12. The van der Waals surface area contributed by atoms with Gasteiger partial charge in [0.05, 0.1) is 17.7 Å². The summed E-state index contributed by atoms with van der Waals surface area (Å²) in [6, 6.07) is 14.7. The van der Waals surface area contributed by atoms with E-state index in [9.17, 15) is 0 Å². The fourth-order valence-corrected chi connectivity index (χ4v) is 2.56. The third kappa shape index (κ3) is 2.82. The molecule has 0 unspecified atom stereocenters. The summed E-state index contributed by atoms with van der Waals surface area (Å²) in [6.07, 6.45) is 5.57. The molecule has 2 aromatic carbocycles. The number of imidazole rings is 1. The van der Waals surface area contributed by atoms with Crippen molar-refractivity contribution in [3.63, 3.8) is 0 Å². The van der Waals surface area contributed by atoms with Crippen LogP contribution < -0.4 is 5.32 Å². The van der Waals surface area contributed by atoms with Gasteiger partial charge in [0.1, 0.15) is 0 Å². The molecule has 0 aliphatic carbocycles. The van der Waals surface area contributed by atoms with Gasteiger partial charge in [0, 0.05) is 18.9 Å². The van der Waals surface area contributed by atoms with Gasteiger partial charge in [-0.15, -0.1) is 0 Å². The molecule has 1 aromatic heterocycles. The monoisotopic (exact) mass is 277 g/mol. The molecule has 3 nitrogen and oxygen atoms in total. The summed E-state index contributed by atoms with van der Waals surface area (Å²) in [5.74, 6) is 0. The van der Waals surface area contributed by atoms with Crippen LogP contribution in [0.5, 0.6) is 0 Å². The summed E-state index contributed by atoms with van der Waals surface area (Å²) in [6.45, 7) is 5.14. The summed E-state index contributed by atoms with van der Waals surface area (Å²) < 4.78 is 2.02. The van der Waals surface area contributed by atoms with E-state index < -0.39 is 0 Å². The maximum atomic E-state index is 4.12. The van der Waals surface area contributed by atoms with Crippen molar-refractivity contribution in [1.29, 1.82) is 0 Å². The zero-order valence-electron chi connectivity index (χ0n) is 12.4. The van der Waals surface area contributed by atoms with E-state index >= 15 is 0 Å². The molecule has 0 saturated carbocycles. The van der Waals surface area contributed by atoms with Crippen molar-refractivity contribution >= 4 is 5.69 Å². The number of rotatable bonds is 4. The molecule has 0 amide bonds. The molecule has 1 heterocycles. The highest BCUT2D eigenvalue weighted by molar-refractivity contribution is 5.61. The molecule has 0 saturated heterocycles. The van der Waals surface area contributed by atoms with Gasteiger partial charge >= 0.3 is 0 Å². The molecule has 0 fully saturated rings. The molecule has 1 N–H and O–H groups in total. The molecule has 0 radical (unpaired) electrons. The predicted octanol–water partition coefficient (Wildman–Crippen LogP) is 4.10. The molecule has 0 aliphatic heterocycles. The van der Waals surface area contributed by atoms with Crippen LogP contribution in [0.15, 0.2) is 61.2 Å². The molecule has 0 spiro atoms. The lowest BCUT2D eigenvalue weighted by atomic mass is 10.0. The van der Waals surface area contributed by atoms with Crippen molar-refractivity contribution in [1.82, 2.24) is 9.55 Å². The summed E-state index contributed by atoms with van der Waals surface area (Å²) in [5.41, 5.74) is 6.22. The number of nitrogens with one attached hydrogen (secondary N) is 1. The van der Waals surface area contributed by atoms with E-state index in [0.717, 1.165) is 17.9 Å². The second-order valence-corrected chi connectivity index (χ2v) is 5.21. The largest absolute Gasteiger partial charge is 0.379 e. The van der Waals surface area contributed by atoms with Crippen LogP contribution in [0.25, 0.3) is 5.69 Å². The molecule has 0 atom stereocenters. The molecule has 3 heteroatoms. The van der Waals surface area contributed by atoms with Gasteiger partial charge in [-0.25, -0.2) is 4.98 Å². The van der Waals surface area contributed by atoms with Crippen LogP contribution in [0.2, 0.25) is 0 Å². The Morgan fingerprint density at radius 3 is 2.48 bits per heavy atom. The van der Waals surface area contributed by atoms with E-state index in [1.165, 1.54) is 16.7 Å². The Balaban J connectivity index is 1.86. The Morgan fingerprint density at radius 2 is 1.76 bits per heavy atom. The van der Waals surface area contributed by atoms with Crippen LogP contribution in [0.3, 0.4) is 0 Å². The lowest BCUT2D eigenvalue weighted by molar-refractivity contribution is 1.03. The number of para-hydroxylation sites is 2. The molecule has 3 rings (SSSR count). The van der Waals surface area contributed by atoms with Crippen LogP contribution in [0.4, 0.5) is 5.69 Å². The topological polar surface area (TPSA) is 29.9 Å². The average Bonchev–Trinajstić information content (AvgIpc) is 3.01. The zero-order chi connectivity index (χ0) is 14.7. The normalized spacial score (nSPS) is 10.6. The summed E-state index contributed by atoms with van der Waals surface area (Å²) in [7, 11) is 0. The first-order valence-corrected chi connectivity index (χ1v) is 7.12. The highest BCUT2D eigenvalue weighted by Gasteiger charge is 2.05. The lowest BCUT2D eigenvalue weighted by Crippen LogP contribution is -2.06. The van der Waals surface area contributed by atoms with Crippen LogP contribution in [-0.4, -0.2) is 9.55 Å². The van der Waals surface area contributed by atoms with Gasteiger partial charge in [-0.2, -0.15) is 0 Å². The highest BCUT2D eigenvalue weighted by Crippen LogP contribution is 2.22. The lowest BCUT2D eigenvalue weighted by Gasteiger charge is -2.15. The number of aromatic nitrogens is 2. The summed E-state index contributed by atoms with van der Waals surface area (Å²) >= 11 is 0. The third-order valence-electron chi connectivity index (χ3n) is 3.79. The fraction of sp³-hybridized carbons (Fsp3) is 0.167. The molecule has 0 aliphatic rings. The number of aryl methyl sites for hydroxylation is 2. The molecule has 21 heavy (non-hydrogen) atoms. The van der Waals surface area contributed by atoms with Crippen LogP contribution >= 0.6 is 0 Å². The molecular formula is C18H19N3. The number of anilines is 1. The Kier molecular flexibility index (Phi) is 3.73. The van der Waals surface area contributed by atoms with Crippen molar-refractivity contribution in [3.05, 3.63) is 77.9 Å². The van der Waals surface area contributed by atoms with Gasteiger partial charge in [0.15, 0.2) is 0 Å². The Bertz CT molecular complexity index is 710. The van der Waals surface area contributed by atoms with Crippen LogP contribution in [-0.2, 0) is 6.54 Å². The molecule has 0 bridgehead atoms. The Morgan fingerprint density at radius 1 is 1.00 bits per heavy atom. The predicted molar refractivity (Wildman–Crippen MR) is 86.8 cm³/mol. The second kappa shape index (κ2) is 5.83. The third-order valence-corrected chi connectivity index (χ3v) is 3.79. The average molecular weight is 277 g/mol. The van der Waals surface area contributed by atoms with Gasteiger partial charge in [-0.05, 0) is 42.7 Å². The minimum absolute atomic E-state index is 0.824. The number of benzene rings is 2. The van der Waals surface area contributed by atoms with Gasteiger partial charge < -0.3 is 9.88 Å².